The van der Waals surface area contributed by atoms with Gasteiger partial charge in [-0.15, -0.1) is 0 Å². The summed E-state index contributed by atoms with van der Waals surface area (Å²) in [5.74, 6) is -0.625. The predicted molar refractivity (Wildman–Crippen MR) is 81.9 cm³/mol. The number of carboxylic acids is 1. The molecule has 2 saturated heterocycles. The van der Waals surface area contributed by atoms with Crippen LogP contribution < -0.4 is 4.90 Å². The third-order valence-corrected chi connectivity index (χ3v) is 4.50. The number of aliphatic carboxylic acids is 1. The van der Waals surface area contributed by atoms with Gasteiger partial charge in [0.2, 0.25) is 0 Å². The zero-order valence-corrected chi connectivity index (χ0v) is 12.6. The van der Waals surface area contributed by atoms with E-state index in [0.717, 1.165) is 31.7 Å². The van der Waals surface area contributed by atoms with Gasteiger partial charge in [-0.2, -0.15) is 0 Å². The third-order valence-electron chi connectivity index (χ3n) is 4.50. The number of likely N-dealkylation sites (tertiary alicyclic amines) is 1. The Morgan fingerprint density at radius 2 is 1.95 bits per heavy atom. The first-order valence-electron chi connectivity index (χ1n) is 7.89. The van der Waals surface area contributed by atoms with Crippen LogP contribution in [0.1, 0.15) is 36.0 Å². The Morgan fingerprint density at radius 3 is 2.64 bits per heavy atom. The van der Waals surface area contributed by atoms with Crippen LogP contribution in [0.5, 0.6) is 0 Å². The molecule has 118 valence electrons. The van der Waals surface area contributed by atoms with Gasteiger partial charge in [-0.25, -0.2) is 4.98 Å². The van der Waals surface area contributed by atoms with Crippen molar-refractivity contribution < 1.29 is 14.7 Å². The Kier molecular flexibility index (Phi) is 4.27. The van der Waals surface area contributed by atoms with Crippen LogP contribution in [0.15, 0.2) is 18.3 Å². The minimum absolute atomic E-state index is 0.0996. The third kappa shape index (κ3) is 2.91. The summed E-state index contributed by atoms with van der Waals surface area (Å²) in [5, 5.41) is 9.08. The second kappa shape index (κ2) is 6.34. The van der Waals surface area contributed by atoms with E-state index < -0.39 is 11.9 Å². The van der Waals surface area contributed by atoms with E-state index in [1.54, 1.807) is 23.2 Å². The molecule has 2 aliphatic heterocycles. The van der Waals surface area contributed by atoms with Crippen molar-refractivity contribution in [2.24, 2.45) is 5.92 Å². The number of pyridine rings is 1. The topological polar surface area (TPSA) is 73.7 Å². The first-order valence-corrected chi connectivity index (χ1v) is 7.89. The highest BCUT2D eigenvalue weighted by Crippen LogP contribution is 2.25. The van der Waals surface area contributed by atoms with Gasteiger partial charge in [0.05, 0.1) is 11.5 Å². The molecule has 3 heterocycles. The minimum atomic E-state index is -0.822. The molecule has 1 atom stereocenters. The molecule has 1 unspecified atom stereocenters. The van der Waals surface area contributed by atoms with Crippen LogP contribution >= 0.6 is 0 Å². The van der Waals surface area contributed by atoms with E-state index in [1.807, 2.05) is 0 Å². The highest BCUT2D eigenvalue weighted by molar-refractivity contribution is 5.99. The Balaban J connectivity index is 1.79. The van der Waals surface area contributed by atoms with Crippen LogP contribution in [-0.2, 0) is 4.79 Å². The highest BCUT2D eigenvalue weighted by Gasteiger charge is 2.32. The number of anilines is 1. The number of hydrogen-bond donors (Lipinski definition) is 1. The second-order valence-corrected chi connectivity index (χ2v) is 6.00. The number of carboxylic acid groups (broad SMARTS) is 1. The molecule has 3 rings (SSSR count). The van der Waals surface area contributed by atoms with Gasteiger partial charge in [0.25, 0.3) is 5.91 Å². The normalized spacial score (nSPS) is 21.9. The van der Waals surface area contributed by atoms with E-state index in [9.17, 15) is 9.59 Å². The van der Waals surface area contributed by atoms with Crippen molar-refractivity contribution in [1.82, 2.24) is 9.88 Å². The van der Waals surface area contributed by atoms with Gasteiger partial charge in [-0.1, -0.05) is 0 Å². The van der Waals surface area contributed by atoms with Crippen molar-refractivity contribution in [2.75, 3.05) is 31.1 Å². The summed E-state index contributed by atoms with van der Waals surface area (Å²) in [7, 11) is 0. The number of aromatic nitrogens is 1. The van der Waals surface area contributed by atoms with Gasteiger partial charge >= 0.3 is 5.97 Å². The number of piperidine rings is 1. The van der Waals surface area contributed by atoms with E-state index in [0.29, 0.717) is 25.1 Å². The molecular formula is C16H21N3O3. The molecule has 6 nitrogen and oxygen atoms in total. The van der Waals surface area contributed by atoms with Crippen LogP contribution in [0.2, 0.25) is 0 Å². The van der Waals surface area contributed by atoms with E-state index in [4.69, 9.17) is 5.11 Å². The molecule has 0 spiro atoms. The average Bonchev–Trinajstić information content (AvgIpc) is 3.05. The number of rotatable bonds is 3. The fraction of sp³-hybridized carbons (Fsp3) is 0.562. The molecule has 0 aromatic carbocycles. The van der Waals surface area contributed by atoms with Crippen LogP contribution in [0.25, 0.3) is 0 Å². The van der Waals surface area contributed by atoms with E-state index in [-0.39, 0.29) is 5.91 Å². The standard InChI is InChI=1S/C16H21N3O3/c20-15(19-10-6-12(11-19)16(21)22)13-5-4-7-17-14(13)18-8-2-1-3-9-18/h4-5,7,12H,1-3,6,8-11H2,(H,21,22). The number of hydrogen-bond acceptors (Lipinski definition) is 4. The molecule has 1 aromatic heterocycles. The lowest BCUT2D eigenvalue weighted by molar-refractivity contribution is -0.141. The first kappa shape index (κ1) is 14.8. The van der Waals surface area contributed by atoms with Gasteiger partial charge in [0.1, 0.15) is 5.82 Å². The Hall–Kier alpha value is -2.11. The molecule has 0 bridgehead atoms. The van der Waals surface area contributed by atoms with Gasteiger partial charge in [-0.05, 0) is 37.8 Å². The first-order chi connectivity index (χ1) is 10.7. The molecule has 6 heteroatoms. The summed E-state index contributed by atoms with van der Waals surface area (Å²) in [6, 6.07) is 3.57. The summed E-state index contributed by atoms with van der Waals surface area (Å²) < 4.78 is 0. The molecule has 0 radical (unpaired) electrons. The summed E-state index contributed by atoms with van der Waals surface area (Å²) in [5.41, 5.74) is 0.593. The lowest BCUT2D eigenvalue weighted by Crippen LogP contribution is -2.35. The molecule has 1 aromatic rings. The number of amides is 1. The Labute approximate surface area is 129 Å². The summed E-state index contributed by atoms with van der Waals surface area (Å²) >= 11 is 0. The van der Waals surface area contributed by atoms with Crippen LogP contribution in [-0.4, -0.2) is 53.0 Å². The van der Waals surface area contributed by atoms with Gasteiger partial charge in [0.15, 0.2) is 0 Å². The van der Waals surface area contributed by atoms with E-state index >= 15 is 0 Å². The van der Waals surface area contributed by atoms with Crippen molar-refractivity contribution >= 4 is 17.7 Å². The Morgan fingerprint density at radius 1 is 1.18 bits per heavy atom. The maximum absolute atomic E-state index is 12.7. The van der Waals surface area contributed by atoms with Crippen molar-refractivity contribution in [3.05, 3.63) is 23.9 Å². The monoisotopic (exact) mass is 303 g/mol. The number of nitrogens with zero attached hydrogens (tertiary/aromatic N) is 3. The molecule has 1 amide bonds. The van der Waals surface area contributed by atoms with Gasteiger partial charge < -0.3 is 14.9 Å². The van der Waals surface area contributed by atoms with Crippen molar-refractivity contribution in [3.8, 4) is 0 Å². The van der Waals surface area contributed by atoms with Crippen LogP contribution in [0.4, 0.5) is 5.82 Å². The number of carbonyl (C=O) groups is 2. The smallest absolute Gasteiger partial charge is 0.308 e. The summed E-state index contributed by atoms with van der Waals surface area (Å²) in [4.78, 5) is 32.0. The van der Waals surface area contributed by atoms with Crippen LogP contribution in [0.3, 0.4) is 0 Å². The molecule has 22 heavy (non-hydrogen) atoms. The largest absolute Gasteiger partial charge is 0.481 e. The SMILES string of the molecule is O=C(O)C1CCN(C(=O)c2cccnc2N2CCCCC2)C1. The molecule has 0 aliphatic carbocycles. The van der Waals surface area contributed by atoms with Crippen LogP contribution in [0, 0.1) is 5.92 Å². The fourth-order valence-corrected chi connectivity index (χ4v) is 3.24. The molecular weight excluding hydrogens is 282 g/mol. The quantitative estimate of drug-likeness (QED) is 0.918. The minimum Gasteiger partial charge on any atom is -0.481 e. The average molecular weight is 303 g/mol. The molecule has 1 N–H and O–H groups in total. The molecule has 0 saturated carbocycles. The summed E-state index contributed by atoms with van der Waals surface area (Å²) in [6.45, 7) is 2.65. The van der Waals surface area contributed by atoms with Crippen molar-refractivity contribution in [1.29, 1.82) is 0 Å². The summed E-state index contributed by atoms with van der Waals surface area (Å²) in [6.07, 6.45) is 5.70. The van der Waals surface area contributed by atoms with Crippen molar-refractivity contribution in [3.63, 3.8) is 0 Å². The lowest BCUT2D eigenvalue weighted by atomic mass is 10.1. The molecule has 2 fully saturated rings. The zero-order valence-electron chi connectivity index (χ0n) is 12.6. The number of carbonyl (C=O) groups excluding carboxylic acids is 1. The molecule has 2 aliphatic rings. The van der Waals surface area contributed by atoms with Crippen molar-refractivity contribution in [2.45, 2.75) is 25.7 Å². The van der Waals surface area contributed by atoms with E-state index in [1.165, 1.54) is 6.42 Å². The predicted octanol–water partition coefficient (Wildman–Crippen LogP) is 1.62. The Bertz CT molecular complexity index is 570. The second-order valence-electron chi connectivity index (χ2n) is 6.00. The fourth-order valence-electron chi connectivity index (χ4n) is 3.24. The van der Waals surface area contributed by atoms with Gasteiger partial charge in [0, 0.05) is 32.4 Å². The maximum atomic E-state index is 12.7. The zero-order chi connectivity index (χ0) is 15.5. The lowest BCUT2D eigenvalue weighted by Gasteiger charge is -2.29. The van der Waals surface area contributed by atoms with E-state index in [2.05, 4.69) is 9.88 Å². The maximum Gasteiger partial charge on any atom is 0.308 e. The highest BCUT2D eigenvalue weighted by atomic mass is 16.4. The van der Waals surface area contributed by atoms with Gasteiger partial charge in [-0.3, -0.25) is 9.59 Å².